The second-order valence-electron chi connectivity index (χ2n) is 2.77. The van der Waals surface area contributed by atoms with Crippen molar-refractivity contribution in [1.82, 2.24) is 9.97 Å². The molecule has 3 heteroatoms. The van der Waals surface area contributed by atoms with Gasteiger partial charge in [-0.2, -0.15) is 5.26 Å². The van der Waals surface area contributed by atoms with Crippen LogP contribution in [-0.2, 0) is 0 Å². The van der Waals surface area contributed by atoms with E-state index in [0.29, 0.717) is 0 Å². The predicted octanol–water partition coefficient (Wildman–Crippen LogP) is 1.83. The van der Waals surface area contributed by atoms with Crippen LogP contribution in [0.2, 0.25) is 0 Å². The van der Waals surface area contributed by atoms with Crippen molar-refractivity contribution in [2.45, 2.75) is 6.42 Å². The van der Waals surface area contributed by atoms with Crippen molar-refractivity contribution in [2.75, 3.05) is 0 Å². The van der Waals surface area contributed by atoms with E-state index >= 15 is 0 Å². The number of aromatic nitrogens is 2. The van der Waals surface area contributed by atoms with Crippen LogP contribution in [0.3, 0.4) is 0 Å². The van der Waals surface area contributed by atoms with Crippen LogP contribution in [0.1, 0.15) is 12.0 Å². The van der Waals surface area contributed by atoms with Crippen LogP contribution in [-0.4, -0.2) is 9.97 Å². The minimum absolute atomic E-state index is 0.265. The number of imidazole rings is 1. The van der Waals surface area contributed by atoms with Crippen LogP contribution < -0.4 is 0 Å². The van der Waals surface area contributed by atoms with E-state index in [1.54, 1.807) is 6.33 Å². The molecule has 1 N–H and O–H groups in total. The number of rotatable bonds is 0. The summed E-state index contributed by atoms with van der Waals surface area (Å²) in [7, 11) is 0. The van der Waals surface area contributed by atoms with E-state index < -0.39 is 0 Å². The zero-order valence-electron chi connectivity index (χ0n) is 7.41. The summed E-state index contributed by atoms with van der Waals surface area (Å²) >= 11 is 0. The van der Waals surface area contributed by atoms with Gasteiger partial charge in [0.1, 0.15) is 0 Å². The van der Waals surface area contributed by atoms with Crippen LogP contribution in [0.25, 0.3) is 11.0 Å². The molecule has 0 amide bonds. The quantitative estimate of drug-likeness (QED) is 0.630. The fourth-order valence-corrected chi connectivity index (χ4v) is 1.20. The average molecular weight is 181 g/mol. The third-order valence-corrected chi connectivity index (χ3v) is 1.82. The molecule has 2 aromatic rings. The predicted molar refractivity (Wildman–Crippen MR) is 53.2 cm³/mol. The number of fused-ring (bicyclic) bond motifs is 1. The van der Waals surface area contributed by atoms with Crippen LogP contribution in [0.15, 0.2) is 24.5 Å². The van der Waals surface area contributed by atoms with Crippen molar-refractivity contribution in [3.8, 4) is 17.9 Å². The Bertz CT molecular complexity index is 549. The molecule has 0 unspecified atom stereocenters. The molecule has 0 atom stereocenters. The van der Waals surface area contributed by atoms with Gasteiger partial charge in [0.15, 0.2) is 0 Å². The molecule has 0 aliphatic carbocycles. The molecular formula is C11H7N3. The molecule has 2 rings (SSSR count). The van der Waals surface area contributed by atoms with Crippen LogP contribution in [0.4, 0.5) is 0 Å². The highest BCUT2D eigenvalue weighted by atomic mass is 14.9. The van der Waals surface area contributed by atoms with Crippen molar-refractivity contribution < 1.29 is 0 Å². The van der Waals surface area contributed by atoms with Gasteiger partial charge in [0.05, 0.1) is 29.9 Å². The largest absolute Gasteiger partial charge is 0.345 e. The van der Waals surface area contributed by atoms with Gasteiger partial charge in [-0.3, -0.25) is 0 Å². The third kappa shape index (κ3) is 1.57. The van der Waals surface area contributed by atoms with E-state index in [4.69, 9.17) is 5.26 Å². The molecular weight excluding hydrogens is 174 g/mol. The maximum absolute atomic E-state index is 8.31. The SMILES string of the molecule is N#CCC#Cc1ccc2nc[nH]c2c1. The highest BCUT2D eigenvalue weighted by Gasteiger charge is 1.94. The number of hydrogen-bond donors (Lipinski definition) is 1. The molecule has 0 spiro atoms. The maximum Gasteiger partial charge on any atom is 0.0966 e. The Labute approximate surface area is 81.4 Å². The van der Waals surface area contributed by atoms with E-state index in [-0.39, 0.29) is 6.42 Å². The molecule has 66 valence electrons. The van der Waals surface area contributed by atoms with Gasteiger partial charge in [-0.05, 0) is 18.2 Å². The molecule has 0 saturated heterocycles. The molecule has 0 fully saturated rings. The number of H-pyrrole nitrogens is 1. The monoisotopic (exact) mass is 181 g/mol. The Kier molecular flexibility index (Phi) is 2.17. The van der Waals surface area contributed by atoms with Gasteiger partial charge >= 0.3 is 0 Å². The van der Waals surface area contributed by atoms with Gasteiger partial charge in [0.2, 0.25) is 0 Å². The Morgan fingerprint density at radius 1 is 1.43 bits per heavy atom. The first-order valence-corrected chi connectivity index (χ1v) is 4.19. The summed E-state index contributed by atoms with van der Waals surface area (Å²) in [6, 6.07) is 7.70. The van der Waals surface area contributed by atoms with Gasteiger partial charge < -0.3 is 4.98 Å². The second-order valence-corrected chi connectivity index (χ2v) is 2.77. The molecule has 1 heterocycles. The van der Waals surface area contributed by atoms with Crippen molar-refractivity contribution in [1.29, 1.82) is 5.26 Å². The average Bonchev–Trinajstić information content (AvgIpc) is 2.65. The number of hydrogen-bond acceptors (Lipinski definition) is 2. The molecule has 0 aliphatic heterocycles. The van der Waals surface area contributed by atoms with Crippen molar-refractivity contribution in [2.24, 2.45) is 0 Å². The van der Waals surface area contributed by atoms with Crippen LogP contribution >= 0.6 is 0 Å². The van der Waals surface area contributed by atoms with Gasteiger partial charge in [-0.1, -0.05) is 11.8 Å². The lowest BCUT2D eigenvalue weighted by molar-refractivity contribution is 1.34. The van der Waals surface area contributed by atoms with Crippen molar-refractivity contribution in [3.05, 3.63) is 30.1 Å². The summed E-state index contributed by atoms with van der Waals surface area (Å²) in [6.07, 6.45) is 1.91. The summed E-state index contributed by atoms with van der Waals surface area (Å²) < 4.78 is 0. The molecule has 0 saturated carbocycles. The van der Waals surface area contributed by atoms with E-state index in [2.05, 4.69) is 21.8 Å². The summed E-state index contributed by atoms with van der Waals surface area (Å²) in [5, 5.41) is 8.31. The Balaban J connectivity index is 2.37. The minimum atomic E-state index is 0.265. The lowest BCUT2D eigenvalue weighted by Crippen LogP contribution is -1.75. The topological polar surface area (TPSA) is 52.5 Å². The van der Waals surface area contributed by atoms with Crippen LogP contribution in [0.5, 0.6) is 0 Å². The van der Waals surface area contributed by atoms with E-state index in [1.165, 1.54) is 0 Å². The lowest BCUT2D eigenvalue weighted by atomic mass is 10.2. The summed E-state index contributed by atoms with van der Waals surface area (Å²) in [5.41, 5.74) is 2.79. The van der Waals surface area contributed by atoms with Gasteiger partial charge in [0, 0.05) is 5.56 Å². The first-order chi connectivity index (χ1) is 6.90. The molecule has 1 aromatic carbocycles. The van der Waals surface area contributed by atoms with Gasteiger partial charge in [-0.25, -0.2) is 4.98 Å². The van der Waals surface area contributed by atoms with E-state index in [9.17, 15) is 0 Å². The molecule has 14 heavy (non-hydrogen) atoms. The Morgan fingerprint density at radius 3 is 3.21 bits per heavy atom. The van der Waals surface area contributed by atoms with Crippen LogP contribution in [0, 0.1) is 23.2 Å². The summed E-state index contributed by atoms with van der Waals surface area (Å²) in [5.74, 6) is 5.67. The van der Waals surface area contributed by atoms with Crippen molar-refractivity contribution >= 4 is 11.0 Å². The zero-order valence-corrected chi connectivity index (χ0v) is 7.41. The standard InChI is InChI=1S/C11H7N3/c12-6-2-1-3-9-4-5-10-11(7-9)14-8-13-10/h4-5,7-8H,2H2,(H,13,14). The molecule has 0 aliphatic rings. The minimum Gasteiger partial charge on any atom is -0.345 e. The first kappa shape index (κ1) is 8.34. The number of nitrogens with one attached hydrogen (secondary N) is 1. The highest BCUT2D eigenvalue weighted by molar-refractivity contribution is 5.76. The van der Waals surface area contributed by atoms with Gasteiger partial charge in [0.25, 0.3) is 0 Å². The maximum atomic E-state index is 8.31. The van der Waals surface area contributed by atoms with E-state index in [1.807, 2.05) is 24.3 Å². The smallest absolute Gasteiger partial charge is 0.0966 e. The Hall–Kier alpha value is -2.26. The number of aromatic amines is 1. The Morgan fingerprint density at radius 2 is 2.36 bits per heavy atom. The molecule has 0 bridgehead atoms. The molecule has 1 aromatic heterocycles. The second kappa shape index (κ2) is 3.64. The van der Waals surface area contributed by atoms with Gasteiger partial charge in [-0.15, -0.1) is 0 Å². The first-order valence-electron chi connectivity index (χ1n) is 4.19. The molecule has 0 radical (unpaired) electrons. The number of nitriles is 1. The third-order valence-electron chi connectivity index (χ3n) is 1.82. The zero-order chi connectivity index (χ0) is 9.80. The van der Waals surface area contributed by atoms with E-state index in [0.717, 1.165) is 16.6 Å². The highest BCUT2D eigenvalue weighted by Crippen LogP contribution is 2.10. The number of nitrogens with zero attached hydrogens (tertiary/aromatic N) is 2. The lowest BCUT2D eigenvalue weighted by Gasteiger charge is -1.89. The fraction of sp³-hybridized carbons (Fsp3) is 0.0909. The fourth-order valence-electron chi connectivity index (χ4n) is 1.20. The van der Waals surface area contributed by atoms with Crippen molar-refractivity contribution in [3.63, 3.8) is 0 Å². The summed E-state index contributed by atoms with van der Waals surface area (Å²) in [4.78, 5) is 7.11. The summed E-state index contributed by atoms with van der Waals surface area (Å²) in [6.45, 7) is 0. The normalized spacial score (nSPS) is 9.07. The molecule has 3 nitrogen and oxygen atoms in total. The number of benzene rings is 1.